The Balaban J connectivity index is 1.01. The standard InChI is InChI=1S/C39H47ClN8O14/c1-5-6-11-31-41-35(40)32(46(31)19-24-12-14-25(15-13-24)27-9-7-8-10-28(27)36-42-44-45-43-36)37(49)59-23(2)60-38(50)61-30-22-57-33-29(21-56-34(30)33)55-17-16-39(3,4)18-26(62-48(53)54)20-58-47(51)52/h7-10,12-15,23,26,29-30,33-34H,5-6,11,16-22H2,1-4H3,(H,42,43,44,45)/t23?,26?,29-,30-,33?,34?/m1/s1. The second-order valence-electron chi connectivity index (χ2n) is 15.4. The van der Waals surface area contributed by atoms with E-state index < -0.39 is 71.1 Å². The van der Waals surface area contributed by atoms with Crippen LogP contribution in [0.5, 0.6) is 0 Å². The molecule has 23 heteroatoms. The highest BCUT2D eigenvalue weighted by molar-refractivity contribution is 6.32. The summed E-state index contributed by atoms with van der Waals surface area (Å²) in [7, 11) is 0. The number of rotatable bonds is 22. The monoisotopic (exact) mass is 886 g/mol. The van der Waals surface area contributed by atoms with Crippen molar-refractivity contribution in [2.75, 3.05) is 26.4 Å². The van der Waals surface area contributed by atoms with E-state index in [9.17, 15) is 29.8 Å². The molecular formula is C39H47ClN8O14. The zero-order valence-corrected chi connectivity index (χ0v) is 35.1. The van der Waals surface area contributed by atoms with Gasteiger partial charge in [-0.1, -0.05) is 87.3 Å². The number of hydrogen-bond acceptors (Lipinski definition) is 18. The first kappa shape index (κ1) is 45.6. The largest absolute Gasteiger partial charge is 0.511 e. The molecule has 2 aliphatic heterocycles. The second kappa shape index (κ2) is 20.7. The van der Waals surface area contributed by atoms with Crippen molar-refractivity contribution >= 4 is 23.7 Å². The van der Waals surface area contributed by atoms with Gasteiger partial charge in [-0.15, -0.1) is 30.4 Å². The molecule has 4 heterocycles. The molecule has 2 saturated heterocycles. The third-order valence-electron chi connectivity index (χ3n) is 10.3. The predicted octanol–water partition coefficient (Wildman–Crippen LogP) is 5.57. The molecule has 2 aromatic carbocycles. The van der Waals surface area contributed by atoms with E-state index in [1.807, 2.05) is 69.3 Å². The van der Waals surface area contributed by atoms with Gasteiger partial charge in [0.1, 0.15) is 36.8 Å². The van der Waals surface area contributed by atoms with Crippen molar-refractivity contribution in [2.45, 2.75) is 103 Å². The normalized spacial score (nSPS) is 19.3. The molecule has 22 nitrogen and oxygen atoms in total. The van der Waals surface area contributed by atoms with E-state index in [4.69, 9.17) is 40.0 Å². The molecule has 62 heavy (non-hydrogen) atoms. The number of fused-ring (bicyclic) bond motifs is 1. The van der Waals surface area contributed by atoms with Gasteiger partial charge in [-0.2, -0.15) is 5.21 Å². The number of unbranched alkanes of at least 4 members (excludes halogenated alkanes) is 1. The van der Waals surface area contributed by atoms with E-state index >= 15 is 0 Å². The minimum atomic E-state index is -1.38. The van der Waals surface area contributed by atoms with Gasteiger partial charge in [-0.25, -0.2) is 14.6 Å². The fourth-order valence-corrected chi connectivity index (χ4v) is 7.60. The van der Waals surface area contributed by atoms with Gasteiger partial charge in [0, 0.05) is 32.1 Å². The van der Waals surface area contributed by atoms with Gasteiger partial charge in [0.05, 0.1) is 13.2 Å². The molecule has 334 valence electrons. The van der Waals surface area contributed by atoms with E-state index in [2.05, 4.69) is 35.3 Å². The molecule has 0 bridgehead atoms. The van der Waals surface area contributed by atoms with Crippen molar-refractivity contribution < 1.29 is 57.9 Å². The summed E-state index contributed by atoms with van der Waals surface area (Å²) in [4.78, 5) is 61.4. The molecule has 2 fully saturated rings. The first-order valence-electron chi connectivity index (χ1n) is 19.9. The van der Waals surface area contributed by atoms with Crippen molar-refractivity contribution in [3.8, 4) is 22.5 Å². The number of halogens is 1. The highest BCUT2D eigenvalue weighted by Crippen LogP contribution is 2.34. The minimum Gasteiger partial charge on any atom is -0.426 e. The number of carbonyl (C=O) groups excluding carboxylic acids is 2. The molecule has 6 atom stereocenters. The molecule has 4 aromatic rings. The molecule has 2 aliphatic rings. The molecule has 0 saturated carbocycles. The lowest BCUT2D eigenvalue weighted by Gasteiger charge is -2.29. The van der Waals surface area contributed by atoms with Gasteiger partial charge < -0.3 is 42.7 Å². The van der Waals surface area contributed by atoms with E-state index in [0.717, 1.165) is 35.1 Å². The first-order valence-corrected chi connectivity index (χ1v) is 20.3. The molecule has 0 aliphatic carbocycles. The molecule has 4 unspecified atom stereocenters. The lowest BCUT2D eigenvalue weighted by Crippen LogP contribution is -2.36. The van der Waals surface area contributed by atoms with Crippen LogP contribution in [-0.4, -0.2) is 116 Å². The average molecular weight is 887 g/mol. The van der Waals surface area contributed by atoms with Gasteiger partial charge in [-0.05, 0) is 46.6 Å². The van der Waals surface area contributed by atoms with Crippen LogP contribution in [0.1, 0.15) is 75.3 Å². The quantitative estimate of drug-likeness (QED) is 0.0437. The maximum atomic E-state index is 13.6. The van der Waals surface area contributed by atoms with Crippen LogP contribution in [0.3, 0.4) is 0 Å². The Morgan fingerprint density at radius 2 is 1.73 bits per heavy atom. The van der Waals surface area contributed by atoms with Crippen LogP contribution in [0.25, 0.3) is 22.5 Å². The lowest BCUT2D eigenvalue weighted by atomic mass is 9.84. The summed E-state index contributed by atoms with van der Waals surface area (Å²) in [6.07, 6.45) is -3.54. The molecule has 0 amide bonds. The maximum Gasteiger partial charge on any atom is 0.511 e. The molecule has 0 radical (unpaired) electrons. The maximum absolute atomic E-state index is 13.6. The Kier molecular flexibility index (Phi) is 15.2. The second-order valence-corrected chi connectivity index (χ2v) is 15.8. The number of esters is 1. The fraction of sp³-hybridized carbons (Fsp3) is 0.538. The number of tetrazole rings is 1. The Labute approximate surface area is 359 Å². The van der Waals surface area contributed by atoms with Gasteiger partial charge in [0.15, 0.2) is 17.0 Å². The van der Waals surface area contributed by atoms with Crippen molar-refractivity contribution in [1.29, 1.82) is 0 Å². The number of nitrogens with one attached hydrogen (secondary N) is 1. The number of aromatic amines is 1. The number of H-pyrrole nitrogens is 1. The highest BCUT2D eigenvalue weighted by Gasteiger charge is 2.50. The average Bonchev–Trinajstić information content (AvgIpc) is 4.03. The molecule has 6 rings (SSSR count). The summed E-state index contributed by atoms with van der Waals surface area (Å²) in [5.74, 6) is 0.211. The Morgan fingerprint density at radius 1 is 1.02 bits per heavy atom. The van der Waals surface area contributed by atoms with Crippen LogP contribution in [0.15, 0.2) is 48.5 Å². The predicted molar refractivity (Wildman–Crippen MR) is 213 cm³/mol. The van der Waals surface area contributed by atoms with Gasteiger partial charge in [0.25, 0.3) is 10.2 Å². The summed E-state index contributed by atoms with van der Waals surface area (Å²) in [6, 6.07) is 15.5. The Morgan fingerprint density at radius 3 is 2.40 bits per heavy atom. The number of ether oxygens (including phenoxy) is 6. The minimum absolute atomic E-state index is 0.00232. The summed E-state index contributed by atoms with van der Waals surface area (Å²) in [5, 5.41) is 33.8. The SMILES string of the molecule is CCCCc1nc(Cl)c(C(=O)OC(C)OC(=O)O[C@@H]2COC3C2OC[C@H]3OCCC(C)(C)CC(CO[N+](=O)[O-])O[N+](=O)[O-])n1Cc1ccc(-c2ccccc2-c2nn[nH]n2)cc1. The number of hydrogen-bond donors (Lipinski definition) is 1. The van der Waals surface area contributed by atoms with Gasteiger partial charge in [-0.3, -0.25) is 0 Å². The third kappa shape index (κ3) is 11.9. The number of imidazole rings is 1. The summed E-state index contributed by atoms with van der Waals surface area (Å²) < 4.78 is 35.8. The van der Waals surface area contributed by atoms with Crippen LogP contribution in [0.2, 0.25) is 5.15 Å². The van der Waals surface area contributed by atoms with E-state index in [-0.39, 0.29) is 43.6 Å². The molecule has 1 N–H and O–H groups in total. The van der Waals surface area contributed by atoms with Crippen molar-refractivity contribution in [3.05, 3.63) is 91.0 Å². The number of aryl methyl sites for hydroxylation is 1. The topological polar surface area (TPSA) is 267 Å². The van der Waals surface area contributed by atoms with E-state index in [0.29, 0.717) is 24.5 Å². The van der Waals surface area contributed by atoms with E-state index in [1.54, 1.807) is 4.57 Å². The van der Waals surface area contributed by atoms with Crippen LogP contribution in [0.4, 0.5) is 4.79 Å². The van der Waals surface area contributed by atoms with Crippen molar-refractivity contribution in [2.24, 2.45) is 5.41 Å². The summed E-state index contributed by atoms with van der Waals surface area (Å²) >= 11 is 6.56. The number of nitrogens with zero attached hydrogens (tertiary/aromatic N) is 7. The fourth-order valence-electron chi connectivity index (χ4n) is 7.32. The number of aromatic nitrogens is 6. The number of carbonyl (C=O) groups is 2. The van der Waals surface area contributed by atoms with Gasteiger partial charge >= 0.3 is 12.1 Å². The van der Waals surface area contributed by atoms with Gasteiger partial charge in [0.2, 0.25) is 12.1 Å². The Bertz CT molecular complexity index is 2150. The third-order valence-corrected chi connectivity index (χ3v) is 10.6. The highest BCUT2D eigenvalue weighted by atomic mass is 35.5. The molecule has 2 aromatic heterocycles. The molecular weight excluding hydrogens is 840 g/mol. The lowest BCUT2D eigenvalue weighted by molar-refractivity contribution is -0.790. The van der Waals surface area contributed by atoms with E-state index in [1.165, 1.54) is 6.92 Å². The van der Waals surface area contributed by atoms with Crippen LogP contribution >= 0.6 is 11.6 Å². The van der Waals surface area contributed by atoms with Crippen LogP contribution in [0, 0.1) is 25.6 Å². The van der Waals surface area contributed by atoms with Crippen molar-refractivity contribution in [3.63, 3.8) is 0 Å². The first-order chi connectivity index (χ1) is 29.7. The molecule has 0 spiro atoms. The Hall–Kier alpha value is -5.97. The number of benzene rings is 2. The van der Waals surface area contributed by atoms with Crippen LogP contribution in [-0.2, 0) is 51.1 Å². The summed E-state index contributed by atoms with van der Waals surface area (Å²) in [5.41, 5.74) is 2.92. The summed E-state index contributed by atoms with van der Waals surface area (Å²) in [6.45, 7) is 6.99. The van der Waals surface area contributed by atoms with Crippen LogP contribution < -0.4 is 0 Å². The zero-order valence-electron chi connectivity index (χ0n) is 34.4. The smallest absolute Gasteiger partial charge is 0.426 e. The zero-order chi connectivity index (χ0) is 44.4. The van der Waals surface area contributed by atoms with Crippen molar-refractivity contribution in [1.82, 2.24) is 30.2 Å².